The molecule has 8 heteroatoms. The van der Waals surface area contributed by atoms with E-state index in [1.54, 1.807) is 12.3 Å². The normalized spacial score (nSPS) is 19.7. The van der Waals surface area contributed by atoms with Crippen LogP contribution in [0.3, 0.4) is 0 Å². The lowest BCUT2D eigenvalue weighted by atomic mass is 10.0. The molecule has 0 bridgehead atoms. The van der Waals surface area contributed by atoms with Crippen molar-refractivity contribution in [2.45, 2.75) is 17.7 Å². The first-order valence-electron chi connectivity index (χ1n) is 5.89. The van der Waals surface area contributed by atoms with Crippen molar-refractivity contribution in [2.75, 3.05) is 19.6 Å². The third-order valence-corrected chi connectivity index (χ3v) is 4.78. The van der Waals surface area contributed by atoms with E-state index in [1.165, 1.54) is 6.20 Å². The lowest BCUT2D eigenvalue weighted by molar-refractivity contribution is 0.376. The van der Waals surface area contributed by atoms with Gasteiger partial charge in [0.05, 0.1) is 0 Å². The summed E-state index contributed by atoms with van der Waals surface area (Å²) in [5.74, 6) is 0.369. The molecular formula is C11H17BrClN3O2S. The summed E-state index contributed by atoms with van der Waals surface area (Å²) >= 11 is 3.22. The molecule has 1 aromatic rings. The number of hydrogen-bond donors (Lipinski definition) is 2. The van der Waals surface area contributed by atoms with Gasteiger partial charge in [-0.25, -0.2) is 13.1 Å². The van der Waals surface area contributed by atoms with E-state index in [-0.39, 0.29) is 17.3 Å². The fourth-order valence-electron chi connectivity index (χ4n) is 1.95. The van der Waals surface area contributed by atoms with E-state index >= 15 is 0 Å². The minimum Gasteiger partial charge on any atom is -0.316 e. The molecule has 108 valence electrons. The van der Waals surface area contributed by atoms with Crippen molar-refractivity contribution >= 4 is 38.4 Å². The van der Waals surface area contributed by atoms with Crippen LogP contribution in [0.25, 0.3) is 0 Å². The summed E-state index contributed by atoms with van der Waals surface area (Å²) in [6.07, 6.45) is 5.08. The van der Waals surface area contributed by atoms with Gasteiger partial charge in [-0.15, -0.1) is 12.4 Å². The maximum atomic E-state index is 12.0. The first kappa shape index (κ1) is 16.8. The average molecular weight is 371 g/mol. The second-order valence-electron chi connectivity index (χ2n) is 4.40. The van der Waals surface area contributed by atoms with E-state index in [4.69, 9.17) is 0 Å². The number of hydrogen-bond acceptors (Lipinski definition) is 4. The van der Waals surface area contributed by atoms with E-state index in [1.807, 2.05) is 0 Å². The molecule has 0 aliphatic carbocycles. The summed E-state index contributed by atoms with van der Waals surface area (Å²) < 4.78 is 27.4. The Labute approximate surface area is 128 Å². The number of rotatable bonds is 4. The van der Waals surface area contributed by atoms with Gasteiger partial charge < -0.3 is 5.32 Å². The predicted octanol–water partition coefficient (Wildman–Crippen LogP) is 1.54. The van der Waals surface area contributed by atoms with Crippen LogP contribution in [0.2, 0.25) is 0 Å². The van der Waals surface area contributed by atoms with Crippen LogP contribution >= 0.6 is 28.3 Å². The van der Waals surface area contributed by atoms with Gasteiger partial charge in [0, 0.05) is 23.4 Å². The first-order valence-corrected chi connectivity index (χ1v) is 8.16. The molecule has 0 spiro atoms. The van der Waals surface area contributed by atoms with Gasteiger partial charge in [0.2, 0.25) is 10.0 Å². The number of nitrogens with one attached hydrogen (secondary N) is 2. The molecule has 1 aliphatic heterocycles. The Hall–Kier alpha value is -0.210. The van der Waals surface area contributed by atoms with Gasteiger partial charge in [0.25, 0.3) is 0 Å². The van der Waals surface area contributed by atoms with Crippen LogP contribution in [-0.2, 0) is 10.0 Å². The number of aromatic nitrogens is 1. The Morgan fingerprint density at radius 1 is 1.47 bits per heavy atom. The second kappa shape index (κ2) is 7.54. The van der Waals surface area contributed by atoms with Gasteiger partial charge in [-0.3, -0.25) is 4.98 Å². The zero-order valence-electron chi connectivity index (χ0n) is 10.3. The lowest BCUT2D eigenvalue weighted by Gasteiger charge is -2.22. The molecule has 1 atom stereocenters. The smallest absolute Gasteiger partial charge is 0.242 e. The highest BCUT2D eigenvalue weighted by Gasteiger charge is 2.19. The third kappa shape index (κ3) is 5.00. The highest BCUT2D eigenvalue weighted by molar-refractivity contribution is 9.10. The van der Waals surface area contributed by atoms with E-state index in [2.05, 4.69) is 31.0 Å². The highest BCUT2D eigenvalue weighted by atomic mass is 79.9. The third-order valence-electron chi connectivity index (χ3n) is 2.95. The largest absolute Gasteiger partial charge is 0.316 e. The topological polar surface area (TPSA) is 71.1 Å². The maximum absolute atomic E-state index is 12.0. The lowest BCUT2D eigenvalue weighted by Crippen LogP contribution is -2.38. The maximum Gasteiger partial charge on any atom is 0.242 e. The van der Waals surface area contributed by atoms with Crippen LogP contribution in [0.15, 0.2) is 27.8 Å². The minimum absolute atomic E-state index is 0. The number of halogens is 2. The zero-order chi connectivity index (χ0) is 13.0. The fourth-order valence-corrected chi connectivity index (χ4v) is 3.57. The molecule has 0 aromatic carbocycles. The number of pyridine rings is 1. The summed E-state index contributed by atoms with van der Waals surface area (Å²) in [5.41, 5.74) is 0. The molecule has 1 aliphatic rings. The van der Waals surface area contributed by atoms with Crippen molar-refractivity contribution in [3.63, 3.8) is 0 Å². The first-order chi connectivity index (χ1) is 8.58. The molecule has 1 aromatic heterocycles. The molecular weight excluding hydrogens is 354 g/mol. The number of sulfonamides is 1. The quantitative estimate of drug-likeness (QED) is 0.843. The molecule has 19 heavy (non-hydrogen) atoms. The van der Waals surface area contributed by atoms with Crippen LogP contribution < -0.4 is 10.0 Å². The summed E-state index contributed by atoms with van der Waals surface area (Å²) in [4.78, 5) is 4.06. The number of piperidine rings is 1. The van der Waals surface area contributed by atoms with Crippen molar-refractivity contribution in [3.05, 3.63) is 22.9 Å². The Balaban J connectivity index is 0.00000180. The molecule has 1 saturated heterocycles. The van der Waals surface area contributed by atoms with Crippen LogP contribution in [-0.4, -0.2) is 33.0 Å². The Kier molecular flexibility index (Phi) is 6.68. The number of nitrogens with zero attached hydrogens (tertiary/aromatic N) is 1. The molecule has 0 amide bonds. The zero-order valence-corrected chi connectivity index (χ0v) is 13.5. The summed E-state index contributed by atoms with van der Waals surface area (Å²) in [7, 11) is -3.45. The molecule has 1 unspecified atom stereocenters. The molecule has 1 fully saturated rings. The molecule has 0 radical (unpaired) electrons. The van der Waals surface area contributed by atoms with Gasteiger partial charge in [0.15, 0.2) is 0 Å². The predicted molar refractivity (Wildman–Crippen MR) is 80.0 cm³/mol. The van der Waals surface area contributed by atoms with Crippen molar-refractivity contribution in [2.24, 2.45) is 5.92 Å². The SMILES string of the molecule is Cl.O=S(=O)(NCC1CCCNC1)c1cncc(Br)c1. The van der Waals surface area contributed by atoms with Gasteiger partial charge in [-0.05, 0) is 53.8 Å². The Morgan fingerprint density at radius 3 is 2.89 bits per heavy atom. The molecule has 2 rings (SSSR count). The van der Waals surface area contributed by atoms with Crippen molar-refractivity contribution < 1.29 is 8.42 Å². The van der Waals surface area contributed by atoms with E-state index in [0.717, 1.165) is 25.9 Å². The van der Waals surface area contributed by atoms with Crippen molar-refractivity contribution in [3.8, 4) is 0 Å². The van der Waals surface area contributed by atoms with Crippen LogP contribution in [0.1, 0.15) is 12.8 Å². The summed E-state index contributed by atoms with van der Waals surface area (Å²) in [6.45, 7) is 2.37. The van der Waals surface area contributed by atoms with E-state index in [9.17, 15) is 8.42 Å². The molecule has 2 N–H and O–H groups in total. The van der Waals surface area contributed by atoms with Gasteiger partial charge in [-0.2, -0.15) is 0 Å². The van der Waals surface area contributed by atoms with Crippen LogP contribution in [0.4, 0.5) is 0 Å². The fraction of sp³-hybridized carbons (Fsp3) is 0.545. The Morgan fingerprint density at radius 2 is 2.26 bits per heavy atom. The molecule has 5 nitrogen and oxygen atoms in total. The molecule has 0 saturated carbocycles. The van der Waals surface area contributed by atoms with Crippen molar-refractivity contribution in [1.29, 1.82) is 0 Å². The molecule has 2 heterocycles. The Bertz CT molecular complexity index is 506. The van der Waals surface area contributed by atoms with Crippen LogP contribution in [0, 0.1) is 5.92 Å². The second-order valence-corrected chi connectivity index (χ2v) is 7.09. The minimum atomic E-state index is -3.45. The summed E-state index contributed by atoms with van der Waals surface area (Å²) in [5, 5.41) is 3.27. The monoisotopic (exact) mass is 369 g/mol. The van der Waals surface area contributed by atoms with Gasteiger partial charge >= 0.3 is 0 Å². The van der Waals surface area contributed by atoms with Crippen LogP contribution in [0.5, 0.6) is 0 Å². The highest BCUT2D eigenvalue weighted by Crippen LogP contribution is 2.15. The van der Waals surface area contributed by atoms with Crippen molar-refractivity contribution in [1.82, 2.24) is 15.0 Å². The van der Waals surface area contributed by atoms with E-state index < -0.39 is 10.0 Å². The standard InChI is InChI=1S/C11H16BrN3O2S.ClH/c12-10-4-11(8-14-7-10)18(16,17)15-6-9-2-1-3-13-5-9;/h4,7-9,13,15H,1-3,5-6H2;1H. The van der Waals surface area contributed by atoms with Gasteiger partial charge in [0.1, 0.15) is 4.90 Å². The summed E-state index contributed by atoms with van der Waals surface area (Å²) in [6, 6.07) is 1.55. The van der Waals surface area contributed by atoms with Gasteiger partial charge in [-0.1, -0.05) is 0 Å². The van der Waals surface area contributed by atoms with E-state index in [0.29, 0.717) is 16.9 Å². The average Bonchev–Trinajstić information content (AvgIpc) is 2.38.